The van der Waals surface area contributed by atoms with E-state index in [9.17, 15) is 4.79 Å². The highest BCUT2D eigenvalue weighted by molar-refractivity contribution is 6.08. The minimum Gasteiger partial charge on any atom is -0.345 e. The van der Waals surface area contributed by atoms with E-state index in [2.05, 4.69) is 46.6 Å². The molecule has 0 aliphatic rings. The Balaban J connectivity index is 1.66. The predicted octanol–water partition coefficient (Wildman–Crippen LogP) is 4.69. The van der Waals surface area contributed by atoms with E-state index in [1.54, 1.807) is 17.1 Å². The number of aryl methyl sites for hydroxylation is 2. The van der Waals surface area contributed by atoms with E-state index in [0.29, 0.717) is 5.56 Å². The van der Waals surface area contributed by atoms with Gasteiger partial charge in [-0.05, 0) is 42.7 Å². The minimum atomic E-state index is -0.105. The Labute approximate surface area is 170 Å². The van der Waals surface area contributed by atoms with Crippen LogP contribution in [-0.2, 0) is 13.5 Å². The van der Waals surface area contributed by atoms with Gasteiger partial charge in [-0.15, -0.1) is 0 Å². The summed E-state index contributed by atoms with van der Waals surface area (Å²) >= 11 is 0. The molecule has 0 saturated carbocycles. The summed E-state index contributed by atoms with van der Waals surface area (Å²) in [4.78, 5) is 17.2. The van der Waals surface area contributed by atoms with Gasteiger partial charge in [-0.3, -0.25) is 14.5 Å². The summed E-state index contributed by atoms with van der Waals surface area (Å²) in [5.74, 6) is -0.105. The summed E-state index contributed by atoms with van der Waals surface area (Å²) in [6, 6.07) is 17.9. The van der Waals surface area contributed by atoms with E-state index >= 15 is 0 Å². The van der Waals surface area contributed by atoms with Crippen molar-refractivity contribution in [2.24, 2.45) is 7.05 Å². The highest BCUT2D eigenvalue weighted by Crippen LogP contribution is 2.29. The first-order valence-corrected chi connectivity index (χ1v) is 9.84. The molecule has 146 valence electrons. The lowest BCUT2D eigenvalue weighted by Gasteiger charge is -2.15. The van der Waals surface area contributed by atoms with Crippen LogP contribution in [0.3, 0.4) is 0 Å². The summed E-state index contributed by atoms with van der Waals surface area (Å²) in [5.41, 5.74) is 5.65. The zero-order valence-electron chi connectivity index (χ0n) is 16.9. The van der Waals surface area contributed by atoms with Gasteiger partial charge in [0, 0.05) is 30.4 Å². The molecule has 0 fully saturated rings. The molecule has 0 bridgehead atoms. The molecule has 4 aromatic rings. The van der Waals surface area contributed by atoms with E-state index < -0.39 is 0 Å². The second-order valence-electron chi connectivity index (χ2n) is 7.20. The van der Waals surface area contributed by atoms with Crippen LogP contribution in [0.5, 0.6) is 0 Å². The van der Waals surface area contributed by atoms with Crippen LogP contribution in [0.4, 0.5) is 0 Å². The third kappa shape index (κ3) is 3.63. The van der Waals surface area contributed by atoms with E-state index in [4.69, 9.17) is 0 Å². The maximum atomic E-state index is 13.1. The van der Waals surface area contributed by atoms with E-state index in [-0.39, 0.29) is 11.9 Å². The topological polar surface area (TPSA) is 59.8 Å². The Kier molecular flexibility index (Phi) is 5.12. The summed E-state index contributed by atoms with van der Waals surface area (Å²) in [7, 11) is 1.87. The standard InChI is InChI=1S/C24H24N4O/c1-4-17-8-10-18(11-9-17)16(2)26-24(29)21-7-5-6-20-22(27-28(3)23(20)21)19-12-14-25-15-13-19/h5-16H,4H2,1-3H3,(H,26,29)/t16-/m1/s1. The van der Waals surface area contributed by atoms with Crippen molar-refractivity contribution in [1.29, 1.82) is 0 Å². The van der Waals surface area contributed by atoms with Gasteiger partial charge in [0.15, 0.2) is 0 Å². The fraction of sp³-hybridized carbons (Fsp3) is 0.208. The van der Waals surface area contributed by atoms with Gasteiger partial charge in [0.1, 0.15) is 5.69 Å². The molecule has 4 rings (SSSR count). The SMILES string of the molecule is CCc1ccc([C@@H](C)NC(=O)c2cccc3c(-c4ccncc4)nn(C)c23)cc1. The molecule has 2 heterocycles. The third-order valence-electron chi connectivity index (χ3n) is 5.30. The highest BCUT2D eigenvalue weighted by Gasteiger charge is 2.19. The fourth-order valence-electron chi connectivity index (χ4n) is 3.64. The number of amides is 1. The second kappa shape index (κ2) is 7.87. The molecule has 5 heteroatoms. The van der Waals surface area contributed by atoms with Crippen LogP contribution in [0.25, 0.3) is 22.2 Å². The molecule has 1 atom stereocenters. The molecule has 0 aliphatic heterocycles. The Morgan fingerprint density at radius 3 is 2.48 bits per heavy atom. The maximum Gasteiger partial charge on any atom is 0.253 e. The number of nitrogens with one attached hydrogen (secondary N) is 1. The molecule has 1 amide bonds. The molecule has 29 heavy (non-hydrogen) atoms. The van der Waals surface area contributed by atoms with E-state index in [0.717, 1.165) is 34.1 Å². The number of fused-ring (bicyclic) bond motifs is 1. The number of hydrogen-bond donors (Lipinski definition) is 1. The smallest absolute Gasteiger partial charge is 0.253 e. The Bertz CT molecular complexity index is 1150. The zero-order valence-corrected chi connectivity index (χ0v) is 16.9. The van der Waals surface area contributed by atoms with Gasteiger partial charge in [-0.2, -0.15) is 5.10 Å². The van der Waals surface area contributed by atoms with Crippen LogP contribution in [0.15, 0.2) is 67.0 Å². The van der Waals surface area contributed by atoms with Crippen molar-refractivity contribution in [3.05, 3.63) is 83.7 Å². The number of carbonyl (C=O) groups is 1. The molecular formula is C24H24N4O. The van der Waals surface area contributed by atoms with Crippen LogP contribution in [0.2, 0.25) is 0 Å². The van der Waals surface area contributed by atoms with Crippen molar-refractivity contribution >= 4 is 16.8 Å². The monoisotopic (exact) mass is 384 g/mol. The first kappa shape index (κ1) is 18.9. The number of carbonyl (C=O) groups excluding carboxylic acids is 1. The summed E-state index contributed by atoms with van der Waals surface area (Å²) in [6.45, 7) is 4.14. The normalized spacial score (nSPS) is 12.1. The predicted molar refractivity (Wildman–Crippen MR) is 116 cm³/mol. The van der Waals surface area contributed by atoms with Crippen molar-refractivity contribution in [3.63, 3.8) is 0 Å². The molecule has 0 saturated heterocycles. The lowest BCUT2D eigenvalue weighted by Crippen LogP contribution is -2.27. The Morgan fingerprint density at radius 2 is 1.79 bits per heavy atom. The van der Waals surface area contributed by atoms with Crippen molar-refractivity contribution in [3.8, 4) is 11.3 Å². The summed E-state index contributed by atoms with van der Waals surface area (Å²) in [5, 5.41) is 8.75. The van der Waals surface area contributed by atoms with E-state index in [1.165, 1.54) is 5.56 Å². The Hall–Kier alpha value is -3.47. The molecule has 0 spiro atoms. The van der Waals surface area contributed by atoms with Crippen LogP contribution in [0, 0.1) is 0 Å². The van der Waals surface area contributed by atoms with Crippen molar-refractivity contribution in [1.82, 2.24) is 20.1 Å². The number of para-hydroxylation sites is 1. The molecule has 2 aromatic carbocycles. The average Bonchev–Trinajstić information content (AvgIpc) is 3.11. The third-order valence-corrected chi connectivity index (χ3v) is 5.30. The maximum absolute atomic E-state index is 13.1. The largest absolute Gasteiger partial charge is 0.345 e. The number of aromatic nitrogens is 3. The first-order valence-electron chi connectivity index (χ1n) is 9.84. The van der Waals surface area contributed by atoms with Crippen molar-refractivity contribution in [2.45, 2.75) is 26.3 Å². The van der Waals surface area contributed by atoms with Crippen molar-refractivity contribution in [2.75, 3.05) is 0 Å². The lowest BCUT2D eigenvalue weighted by atomic mass is 10.0. The second-order valence-corrected chi connectivity index (χ2v) is 7.20. The summed E-state index contributed by atoms with van der Waals surface area (Å²) in [6.07, 6.45) is 4.50. The number of benzene rings is 2. The van der Waals surface area contributed by atoms with E-state index in [1.807, 2.05) is 44.3 Å². The average molecular weight is 384 g/mol. The minimum absolute atomic E-state index is 0.0865. The van der Waals surface area contributed by atoms with Gasteiger partial charge in [0.2, 0.25) is 0 Å². The van der Waals surface area contributed by atoms with Crippen LogP contribution in [-0.4, -0.2) is 20.7 Å². The molecule has 5 nitrogen and oxygen atoms in total. The number of nitrogens with zero attached hydrogens (tertiary/aromatic N) is 3. The number of pyridine rings is 1. The molecule has 1 N–H and O–H groups in total. The van der Waals surface area contributed by atoms with Gasteiger partial charge in [-0.1, -0.05) is 43.3 Å². The fourth-order valence-corrected chi connectivity index (χ4v) is 3.64. The van der Waals surface area contributed by atoms with Crippen molar-refractivity contribution < 1.29 is 4.79 Å². The molecular weight excluding hydrogens is 360 g/mol. The van der Waals surface area contributed by atoms with Gasteiger partial charge in [-0.25, -0.2) is 0 Å². The highest BCUT2D eigenvalue weighted by atomic mass is 16.1. The van der Waals surface area contributed by atoms with Gasteiger partial charge >= 0.3 is 0 Å². The quantitative estimate of drug-likeness (QED) is 0.543. The molecule has 0 aliphatic carbocycles. The molecule has 0 unspecified atom stereocenters. The Morgan fingerprint density at radius 1 is 1.07 bits per heavy atom. The van der Waals surface area contributed by atoms with Crippen LogP contribution < -0.4 is 5.32 Å². The lowest BCUT2D eigenvalue weighted by molar-refractivity contribution is 0.0941. The zero-order chi connectivity index (χ0) is 20.4. The van der Waals surface area contributed by atoms with Gasteiger partial charge in [0.05, 0.1) is 17.1 Å². The first-order chi connectivity index (χ1) is 14.1. The number of rotatable bonds is 5. The molecule has 0 radical (unpaired) electrons. The van der Waals surface area contributed by atoms with Crippen LogP contribution in [0.1, 0.15) is 41.4 Å². The van der Waals surface area contributed by atoms with Gasteiger partial charge in [0.25, 0.3) is 5.91 Å². The molecule has 2 aromatic heterocycles. The van der Waals surface area contributed by atoms with Crippen LogP contribution >= 0.6 is 0 Å². The summed E-state index contributed by atoms with van der Waals surface area (Å²) < 4.78 is 1.78. The number of hydrogen-bond acceptors (Lipinski definition) is 3. The van der Waals surface area contributed by atoms with Gasteiger partial charge < -0.3 is 5.32 Å².